The van der Waals surface area contributed by atoms with Gasteiger partial charge in [0, 0.05) is 18.1 Å². The van der Waals surface area contributed by atoms with Crippen LogP contribution in [-0.4, -0.2) is 36.1 Å². The molecule has 2 aliphatic rings. The smallest absolute Gasteiger partial charge is 0.0261 e. The van der Waals surface area contributed by atoms with E-state index < -0.39 is 0 Å². The van der Waals surface area contributed by atoms with Crippen LogP contribution in [0.3, 0.4) is 0 Å². The average molecular weight is 196 g/mol. The molecule has 3 unspecified atom stereocenters. The first-order valence-electron chi connectivity index (χ1n) is 6.19. The minimum absolute atomic E-state index is 0.703. The average Bonchev–Trinajstić information content (AvgIpc) is 2.70. The summed E-state index contributed by atoms with van der Waals surface area (Å²) < 4.78 is 0. The molecule has 0 aromatic rings. The first-order chi connectivity index (χ1) is 6.70. The summed E-state index contributed by atoms with van der Waals surface area (Å²) in [4.78, 5) is 2.77. The van der Waals surface area contributed by atoms with Crippen molar-refractivity contribution in [3.63, 3.8) is 0 Å². The molecule has 0 radical (unpaired) electrons. The molecule has 1 N–H and O–H groups in total. The Balaban J connectivity index is 2.01. The molecule has 2 aliphatic heterocycles. The van der Waals surface area contributed by atoms with Gasteiger partial charge in [-0.15, -0.1) is 0 Å². The van der Waals surface area contributed by atoms with E-state index in [2.05, 4.69) is 31.0 Å². The summed E-state index contributed by atoms with van der Waals surface area (Å²) in [6, 6.07) is 2.36. The van der Waals surface area contributed by atoms with Crippen molar-refractivity contribution in [2.75, 3.05) is 13.1 Å². The highest BCUT2D eigenvalue weighted by Crippen LogP contribution is 2.29. The summed E-state index contributed by atoms with van der Waals surface area (Å²) in [5.41, 5.74) is 0. The van der Waals surface area contributed by atoms with Gasteiger partial charge in [-0.05, 0) is 45.2 Å². The molecule has 2 heteroatoms. The summed E-state index contributed by atoms with van der Waals surface area (Å²) in [6.45, 7) is 9.63. The number of rotatable bonds is 2. The molecular weight excluding hydrogens is 172 g/mol. The van der Waals surface area contributed by atoms with E-state index in [0.29, 0.717) is 6.04 Å². The van der Waals surface area contributed by atoms with Gasteiger partial charge in [-0.1, -0.05) is 13.8 Å². The van der Waals surface area contributed by atoms with Crippen molar-refractivity contribution in [3.8, 4) is 0 Å². The molecule has 0 bridgehead atoms. The zero-order valence-electron chi connectivity index (χ0n) is 9.79. The maximum atomic E-state index is 3.56. The third-order valence-corrected chi connectivity index (χ3v) is 4.02. The van der Waals surface area contributed by atoms with Crippen LogP contribution < -0.4 is 5.32 Å². The van der Waals surface area contributed by atoms with Crippen molar-refractivity contribution in [3.05, 3.63) is 0 Å². The van der Waals surface area contributed by atoms with E-state index in [9.17, 15) is 0 Å². The van der Waals surface area contributed by atoms with Gasteiger partial charge in [0.25, 0.3) is 0 Å². The number of likely N-dealkylation sites (tertiary alicyclic amines) is 1. The molecule has 2 heterocycles. The molecule has 0 aromatic heterocycles. The van der Waals surface area contributed by atoms with Crippen LogP contribution in [0.5, 0.6) is 0 Å². The quantitative estimate of drug-likeness (QED) is 0.725. The van der Waals surface area contributed by atoms with Gasteiger partial charge in [0.15, 0.2) is 0 Å². The van der Waals surface area contributed by atoms with Crippen LogP contribution in [0.25, 0.3) is 0 Å². The second-order valence-corrected chi connectivity index (χ2v) is 5.29. The number of hydrogen-bond acceptors (Lipinski definition) is 2. The number of nitrogens with zero attached hydrogens (tertiary/aromatic N) is 1. The van der Waals surface area contributed by atoms with Gasteiger partial charge in [0.05, 0.1) is 0 Å². The summed E-state index contributed by atoms with van der Waals surface area (Å²) in [6.07, 6.45) is 4.18. The minimum atomic E-state index is 0.703. The zero-order chi connectivity index (χ0) is 10.1. The molecular formula is C12H24N2. The van der Waals surface area contributed by atoms with E-state index in [-0.39, 0.29) is 0 Å². The van der Waals surface area contributed by atoms with E-state index in [4.69, 9.17) is 0 Å². The van der Waals surface area contributed by atoms with Crippen molar-refractivity contribution in [2.24, 2.45) is 5.92 Å². The van der Waals surface area contributed by atoms with Gasteiger partial charge in [-0.3, -0.25) is 4.90 Å². The second kappa shape index (κ2) is 4.19. The molecule has 0 aromatic carbocycles. The first kappa shape index (κ1) is 10.4. The molecule has 2 nitrogen and oxygen atoms in total. The Morgan fingerprint density at radius 3 is 2.64 bits per heavy atom. The lowest BCUT2D eigenvalue weighted by atomic mass is 9.99. The standard InChI is InChI=1S/C12H24N2/c1-9(2)11-5-4-8-14(11)12-6-7-13-10(12)3/h9-13H,4-8H2,1-3H3. The Labute approximate surface area is 88.1 Å². The van der Waals surface area contributed by atoms with Crippen molar-refractivity contribution < 1.29 is 0 Å². The number of hydrogen-bond donors (Lipinski definition) is 1. The monoisotopic (exact) mass is 196 g/mol. The van der Waals surface area contributed by atoms with E-state index >= 15 is 0 Å². The highest BCUT2D eigenvalue weighted by Gasteiger charge is 2.36. The molecule has 2 rings (SSSR count). The predicted octanol–water partition coefficient (Wildman–Crippen LogP) is 1.86. The Bertz CT molecular complexity index is 191. The van der Waals surface area contributed by atoms with E-state index in [0.717, 1.165) is 18.0 Å². The third kappa shape index (κ3) is 1.82. The van der Waals surface area contributed by atoms with Crippen molar-refractivity contribution >= 4 is 0 Å². The highest BCUT2D eigenvalue weighted by atomic mass is 15.2. The molecule has 3 atom stereocenters. The van der Waals surface area contributed by atoms with Gasteiger partial charge >= 0.3 is 0 Å². The van der Waals surface area contributed by atoms with Gasteiger partial charge in [-0.2, -0.15) is 0 Å². The Morgan fingerprint density at radius 2 is 2.07 bits per heavy atom. The Morgan fingerprint density at radius 1 is 1.29 bits per heavy atom. The topological polar surface area (TPSA) is 15.3 Å². The molecule has 14 heavy (non-hydrogen) atoms. The van der Waals surface area contributed by atoms with Crippen LogP contribution in [0, 0.1) is 5.92 Å². The Kier molecular flexibility index (Phi) is 3.13. The first-order valence-corrected chi connectivity index (χ1v) is 6.19. The molecule has 2 fully saturated rings. The minimum Gasteiger partial charge on any atom is -0.313 e. The largest absolute Gasteiger partial charge is 0.313 e. The summed E-state index contributed by atoms with van der Waals surface area (Å²) in [7, 11) is 0. The molecule has 0 amide bonds. The summed E-state index contributed by atoms with van der Waals surface area (Å²) in [5.74, 6) is 0.824. The normalized spacial score (nSPS) is 39.9. The van der Waals surface area contributed by atoms with Crippen molar-refractivity contribution in [1.82, 2.24) is 10.2 Å². The van der Waals surface area contributed by atoms with E-state index in [1.54, 1.807) is 0 Å². The summed E-state index contributed by atoms with van der Waals surface area (Å²) in [5, 5.41) is 3.56. The van der Waals surface area contributed by atoms with Crippen molar-refractivity contribution in [2.45, 2.75) is 58.2 Å². The third-order valence-electron chi connectivity index (χ3n) is 4.02. The lowest BCUT2D eigenvalue weighted by Crippen LogP contribution is -2.46. The fourth-order valence-electron chi connectivity index (χ4n) is 3.24. The fourth-order valence-corrected chi connectivity index (χ4v) is 3.24. The maximum absolute atomic E-state index is 3.56. The maximum Gasteiger partial charge on any atom is 0.0261 e. The van der Waals surface area contributed by atoms with Crippen LogP contribution >= 0.6 is 0 Å². The lowest BCUT2D eigenvalue weighted by Gasteiger charge is -2.34. The SMILES string of the molecule is CC(C)C1CCCN1C1CCNC1C. The molecule has 0 saturated carbocycles. The fraction of sp³-hybridized carbons (Fsp3) is 1.00. The van der Waals surface area contributed by atoms with Crippen LogP contribution in [-0.2, 0) is 0 Å². The molecule has 2 saturated heterocycles. The van der Waals surface area contributed by atoms with Gasteiger partial charge < -0.3 is 5.32 Å². The number of nitrogens with one attached hydrogen (secondary N) is 1. The van der Waals surface area contributed by atoms with Gasteiger partial charge in [0.1, 0.15) is 0 Å². The molecule has 82 valence electrons. The van der Waals surface area contributed by atoms with Crippen LogP contribution in [0.1, 0.15) is 40.0 Å². The molecule has 0 spiro atoms. The van der Waals surface area contributed by atoms with Crippen LogP contribution in [0.15, 0.2) is 0 Å². The van der Waals surface area contributed by atoms with E-state index in [1.807, 2.05) is 0 Å². The Hall–Kier alpha value is -0.0800. The van der Waals surface area contributed by atoms with Crippen LogP contribution in [0.2, 0.25) is 0 Å². The lowest BCUT2D eigenvalue weighted by molar-refractivity contribution is 0.138. The van der Waals surface area contributed by atoms with Gasteiger partial charge in [-0.25, -0.2) is 0 Å². The van der Waals surface area contributed by atoms with Crippen LogP contribution in [0.4, 0.5) is 0 Å². The highest BCUT2D eigenvalue weighted by molar-refractivity contribution is 4.94. The second-order valence-electron chi connectivity index (χ2n) is 5.29. The predicted molar refractivity (Wildman–Crippen MR) is 60.4 cm³/mol. The zero-order valence-corrected chi connectivity index (χ0v) is 9.79. The van der Waals surface area contributed by atoms with Crippen molar-refractivity contribution in [1.29, 1.82) is 0 Å². The summed E-state index contributed by atoms with van der Waals surface area (Å²) >= 11 is 0. The van der Waals surface area contributed by atoms with Gasteiger partial charge in [0.2, 0.25) is 0 Å². The van der Waals surface area contributed by atoms with E-state index in [1.165, 1.54) is 32.4 Å². The molecule has 0 aliphatic carbocycles.